The molecule has 9 heteroatoms. The van der Waals surface area contributed by atoms with Gasteiger partial charge in [0.2, 0.25) is 5.91 Å². The minimum atomic E-state index is -3.47. The van der Waals surface area contributed by atoms with Gasteiger partial charge < -0.3 is 4.90 Å². The van der Waals surface area contributed by atoms with Crippen molar-refractivity contribution in [1.82, 2.24) is 13.5 Å². The average molecular weight is 401 g/mol. The summed E-state index contributed by atoms with van der Waals surface area (Å²) in [5.74, 6) is -1.48. The molecule has 6 nitrogen and oxygen atoms in total. The lowest BCUT2D eigenvalue weighted by Gasteiger charge is -2.47. The fraction of sp³-hybridized carbons (Fsp3) is 0.611. The standard InChI is InChI=1S/C18H25F2N3O3S/c1-21(2)27(25,26)22-7-5-17-14(12-22)4-3-6-23(17)18(24)10-13-8-15(19)11-16(20)9-13/h8-9,11,14,17H,3-7,10,12H2,1-2H3/t14-,17+/m1/s1. The lowest BCUT2D eigenvalue weighted by molar-refractivity contribution is -0.137. The van der Waals surface area contributed by atoms with Crippen molar-refractivity contribution in [3.63, 3.8) is 0 Å². The summed E-state index contributed by atoms with van der Waals surface area (Å²) in [6, 6.07) is 3.10. The van der Waals surface area contributed by atoms with Gasteiger partial charge >= 0.3 is 0 Å². The maximum atomic E-state index is 13.4. The second-order valence-corrected chi connectivity index (χ2v) is 9.59. The molecule has 0 aliphatic carbocycles. The zero-order valence-corrected chi connectivity index (χ0v) is 16.4. The highest BCUT2D eigenvalue weighted by Crippen LogP contribution is 2.32. The van der Waals surface area contributed by atoms with Crippen molar-refractivity contribution in [1.29, 1.82) is 0 Å². The van der Waals surface area contributed by atoms with Crippen LogP contribution in [0.3, 0.4) is 0 Å². The van der Waals surface area contributed by atoms with Crippen molar-refractivity contribution in [3.05, 3.63) is 35.4 Å². The Hall–Kier alpha value is -1.58. The fourth-order valence-electron chi connectivity index (χ4n) is 4.11. The van der Waals surface area contributed by atoms with Gasteiger partial charge in [-0.3, -0.25) is 4.79 Å². The Morgan fingerprint density at radius 2 is 1.81 bits per heavy atom. The van der Waals surface area contributed by atoms with Crippen LogP contribution in [0.4, 0.5) is 8.78 Å². The maximum absolute atomic E-state index is 13.4. The maximum Gasteiger partial charge on any atom is 0.281 e. The first-order valence-corrected chi connectivity index (χ1v) is 10.5. The molecule has 0 saturated carbocycles. The van der Waals surface area contributed by atoms with Gasteiger partial charge in [-0.2, -0.15) is 17.0 Å². The summed E-state index contributed by atoms with van der Waals surface area (Å²) in [7, 11) is -0.446. The Morgan fingerprint density at radius 1 is 1.15 bits per heavy atom. The number of carbonyl (C=O) groups is 1. The van der Waals surface area contributed by atoms with Gasteiger partial charge in [0, 0.05) is 45.8 Å². The molecular formula is C18H25F2N3O3S. The normalized spacial score (nSPS) is 24.1. The summed E-state index contributed by atoms with van der Waals surface area (Å²) in [6.45, 7) is 1.35. The number of nitrogens with zero attached hydrogens (tertiary/aromatic N) is 3. The third-order valence-electron chi connectivity index (χ3n) is 5.42. The van der Waals surface area contributed by atoms with Crippen molar-refractivity contribution in [2.24, 2.45) is 5.92 Å². The van der Waals surface area contributed by atoms with E-state index in [1.165, 1.54) is 34.8 Å². The van der Waals surface area contributed by atoms with Gasteiger partial charge in [-0.05, 0) is 42.9 Å². The van der Waals surface area contributed by atoms with Crippen LogP contribution in [0, 0.1) is 17.6 Å². The van der Waals surface area contributed by atoms with Crippen LogP contribution in [-0.2, 0) is 21.4 Å². The molecule has 0 bridgehead atoms. The van der Waals surface area contributed by atoms with Crippen LogP contribution in [-0.4, -0.2) is 67.6 Å². The molecule has 27 heavy (non-hydrogen) atoms. The molecular weight excluding hydrogens is 376 g/mol. The number of likely N-dealkylation sites (tertiary alicyclic amines) is 1. The predicted octanol–water partition coefficient (Wildman–Crippen LogP) is 1.63. The van der Waals surface area contributed by atoms with Gasteiger partial charge in [0.05, 0.1) is 6.42 Å². The summed E-state index contributed by atoms with van der Waals surface area (Å²) in [5.41, 5.74) is 0.312. The van der Waals surface area contributed by atoms with E-state index in [0.29, 0.717) is 31.6 Å². The molecule has 0 aromatic heterocycles. The van der Waals surface area contributed by atoms with Crippen molar-refractivity contribution in [3.8, 4) is 0 Å². The Labute approximate surface area is 158 Å². The molecule has 1 aromatic carbocycles. The van der Waals surface area contributed by atoms with E-state index in [9.17, 15) is 22.0 Å². The molecule has 0 unspecified atom stereocenters. The Balaban J connectivity index is 1.70. The minimum Gasteiger partial charge on any atom is -0.339 e. The highest BCUT2D eigenvalue weighted by molar-refractivity contribution is 7.86. The molecule has 2 aliphatic heterocycles. The SMILES string of the molecule is CN(C)S(=O)(=O)N1CC[C@H]2[C@H](CCCN2C(=O)Cc2cc(F)cc(F)c2)C1. The molecule has 1 amide bonds. The number of rotatable bonds is 4. The molecule has 0 spiro atoms. The summed E-state index contributed by atoms with van der Waals surface area (Å²) < 4.78 is 54.2. The smallest absolute Gasteiger partial charge is 0.281 e. The monoisotopic (exact) mass is 401 g/mol. The summed E-state index contributed by atoms with van der Waals surface area (Å²) in [6.07, 6.45) is 2.17. The van der Waals surface area contributed by atoms with E-state index in [-0.39, 0.29) is 24.3 Å². The van der Waals surface area contributed by atoms with E-state index in [2.05, 4.69) is 0 Å². The average Bonchev–Trinajstić information content (AvgIpc) is 2.59. The van der Waals surface area contributed by atoms with E-state index in [4.69, 9.17) is 0 Å². The lowest BCUT2D eigenvalue weighted by Crippen LogP contribution is -2.58. The summed E-state index contributed by atoms with van der Waals surface area (Å²) >= 11 is 0. The van der Waals surface area contributed by atoms with Crippen LogP contribution in [0.25, 0.3) is 0 Å². The highest BCUT2D eigenvalue weighted by Gasteiger charge is 2.41. The van der Waals surface area contributed by atoms with E-state index in [1.54, 1.807) is 4.90 Å². The van der Waals surface area contributed by atoms with Gasteiger partial charge in [-0.15, -0.1) is 0 Å². The first-order chi connectivity index (χ1) is 12.7. The number of carbonyl (C=O) groups excluding carboxylic acids is 1. The van der Waals surface area contributed by atoms with Gasteiger partial charge in [-0.1, -0.05) is 0 Å². The van der Waals surface area contributed by atoms with E-state index in [1.807, 2.05) is 0 Å². The molecule has 150 valence electrons. The van der Waals surface area contributed by atoms with Gasteiger partial charge in [0.25, 0.3) is 10.2 Å². The molecule has 1 aromatic rings. The first-order valence-electron chi connectivity index (χ1n) is 9.10. The molecule has 2 heterocycles. The number of fused-ring (bicyclic) bond motifs is 1. The number of piperidine rings is 2. The Bertz CT molecular complexity index is 796. The topological polar surface area (TPSA) is 60.9 Å². The van der Waals surface area contributed by atoms with Crippen LogP contribution in [0.2, 0.25) is 0 Å². The van der Waals surface area contributed by atoms with Crippen LogP contribution in [0.1, 0.15) is 24.8 Å². The third-order valence-corrected chi connectivity index (χ3v) is 7.32. The zero-order valence-electron chi connectivity index (χ0n) is 15.6. The van der Waals surface area contributed by atoms with Crippen LogP contribution in [0.5, 0.6) is 0 Å². The van der Waals surface area contributed by atoms with Gasteiger partial charge in [0.15, 0.2) is 0 Å². The molecule has 2 atom stereocenters. The molecule has 3 rings (SSSR count). The summed E-state index contributed by atoms with van der Waals surface area (Å²) in [5, 5.41) is 0. The number of hydrogen-bond acceptors (Lipinski definition) is 3. The minimum absolute atomic E-state index is 0.0294. The third kappa shape index (κ3) is 4.30. The van der Waals surface area contributed by atoms with E-state index in [0.717, 1.165) is 18.9 Å². The van der Waals surface area contributed by atoms with Crippen molar-refractivity contribution >= 4 is 16.1 Å². The second kappa shape index (κ2) is 7.81. The molecule has 2 aliphatic rings. The quantitative estimate of drug-likeness (QED) is 0.771. The van der Waals surface area contributed by atoms with Crippen molar-refractivity contribution in [2.45, 2.75) is 31.7 Å². The number of hydrogen-bond donors (Lipinski definition) is 0. The highest BCUT2D eigenvalue weighted by atomic mass is 32.2. The Kier molecular flexibility index (Phi) is 5.83. The van der Waals surface area contributed by atoms with Crippen molar-refractivity contribution < 1.29 is 22.0 Å². The molecule has 0 N–H and O–H groups in total. The van der Waals surface area contributed by atoms with Gasteiger partial charge in [0.1, 0.15) is 11.6 Å². The number of benzene rings is 1. The number of halogens is 2. The first kappa shape index (κ1) is 20.2. The lowest BCUT2D eigenvalue weighted by atomic mass is 9.84. The van der Waals surface area contributed by atoms with Crippen molar-refractivity contribution in [2.75, 3.05) is 33.7 Å². The van der Waals surface area contributed by atoms with Crippen LogP contribution in [0.15, 0.2) is 18.2 Å². The second-order valence-electron chi connectivity index (χ2n) is 7.45. The molecule has 2 saturated heterocycles. The van der Waals surface area contributed by atoms with Gasteiger partial charge in [-0.25, -0.2) is 8.78 Å². The Morgan fingerprint density at radius 3 is 2.44 bits per heavy atom. The van der Waals surface area contributed by atoms with E-state index >= 15 is 0 Å². The predicted molar refractivity (Wildman–Crippen MR) is 97.1 cm³/mol. The fourth-order valence-corrected chi connectivity index (χ4v) is 5.29. The number of amides is 1. The van der Waals surface area contributed by atoms with Crippen LogP contribution < -0.4 is 0 Å². The summed E-state index contributed by atoms with van der Waals surface area (Å²) in [4.78, 5) is 14.5. The largest absolute Gasteiger partial charge is 0.339 e. The molecule has 0 radical (unpaired) electrons. The van der Waals surface area contributed by atoms with E-state index < -0.39 is 21.8 Å². The zero-order chi connectivity index (χ0) is 19.8. The van der Waals surface area contributed by atoms with Crippen LogP contribution >= 0.6 is 0 Å². The molecule has 2 fully saturated rings.